The third kappa shape index (κ3) is 3.96. The molecule has 26 heavy (non-hydrogen) atoms. The Morgan fingerprint density at radius 1 is 1.19 bits per heavy atom. The summed E-state index contributed by atoms with van der Waals surface area (Å²) in [6.45, 7) is 5.12. The zero-order valence-electron chi connectivity index (χ0n) is 14.7. The summed E-state index contributed by atoms with van der Waals surface area (Å²) in [4.78, 5) is 14.7. The monoisotopic (exact) mass is 373 g/mol. The number of carbonyl (C=O) groups is 1. The molecule has 2 aliphatic rings. The van der Waals surface area contributed by atoms with Crippen LogP contribution in [0.1, 0.15) is 25.8 Å². The topological polar surface area (TPSA) is 48.0 Å². The highest BCUT2D eigenvalue weighted by atomic mass is 19.4. The molecular formula is C18H22F3NO4. The summed E-state index contributed by atoms with van der Waals surface area (Å²) in [7, 11) is 0. The van der Waals surface area contributed by atoms with Crippen LogP contribution in [0.15, 0.2) is 24.3 Å². The molecule has 0 saturated carbocycles. The Hall–Kier alpha value is -1.80. The minimum absolute atomic E-state index is 0.0525. The molecule has 0 N–H and O–H groups in total. The van der Waals surface area contributed by atoms with Gasteiger partial charge in [0.15, 0.2) is 5.60 Å². The molecule has 2 aliphatic heterocycles. The normalized spacial score (nSPS) is 24.1. The first-order chi connectivity index (χ1) is 12.2. The molecule has 2 heterocycles. The number of amides is 1. The average molecular weight is 373 g/mol. The Bertz CT molecular complexity index is 643. The number of hydrogen-bond acceptors (Lipinski definition) is 4. The maximum absolute atomic E-state index is 13.0. The van der Waals surface area contributed by atoms with Crippen molar-refractivity contribution in [2.75, 3.05) is 26.4 Å². The van der Waals surface area contributed by atoms with Crippen LogP contribution in [-0.2, 0) is 20.4 Å². The van der Waals surface area contributed by atoms with Crippen molar-refractivity contribution in [1.82, 2.24) is 4.90 Å². The van der Waals surface area contributed by atoms with E-state index in [0.29, 0.717) is 26.4 Å². The summed E-state index contributed by atoms with van der Waals surface area (Å²) in [6.07, 6.45) is -3.73. The van der Waals surface area contributed by atoms with Gasteiger partial charge in [0.25, 0.3) is 5.91 Å². The van der Waals surface area contributed by atoms with Gasteiger partial charge in [-0.05, 0) is 44.5 Å². The molecule has 1 amide bonds. The highest BCUT2D eigenvalue weighted by Crippen LogP contribution is 2.32. The number of morpholine rings is 1. The fourth-order valence-electron chi connectivity index (χ4n) is 3.30. The Morgan fingerprint density at radius 3 is 2.54 bits per heavy atom. The van der Waals surface area contributed by atoms with Gasteiger partial charge in [-0.1, -0.05) is 0 Å². The summed E-state index contributed by atoms with van der Waals surface area (Å²) in [5, 5.41) is 0. The van der Waals surface area contributed by atoms with Crippen molar-refractivity contribution in [2.45, 2.75) is 44.2 Å². The number of benzene rings is 1. The van der Waals surface area contributed by atoms with Crippen molar-refractivity contribution in [2.24, 2.45) is 0 Å². The SMILES string of the molecule is CC(C)(Oc1ccc(C(F)(F)F)cc1)C(=O)N1CCOC2CCOCC21. The Balaban J connectivity index is 1.71. The minimum atomic E-state index is -4.41. The van der Waals surface area contributed by atoms with E-state index in [0.717, 1.165) is 18.6 Å². The Kier molecular flexibility index (Phi) is 5.16. The molecule has 0 aliphatic carbocycles. The summed E-state index contributed by atoms with van der Waals surface area (Å²) < 4.78 is 54.9. The lowest BCUT2D eigenvalue weighted by molar-refractivity contribution is -0.172. The van der Waals surface area contributed by atoms with Gasteiger partial charge in [0.2, 0.25) is 0 Å². The first-order valence-electron chi connectivity index (χ1n) is 8.55. The van der Waals surface area contributed by atoms with Gasteiger partial charge in [-0.15, -0.1) is 0 Å². The fraction of sp³-hybridized carbons (Fsp3) is 0.611. The van der Waals surface area contributed by atoms with Crippen molar-refractivity contribution in [3.63, 3.8) is 0 Å². The lowest BCUT2D eigenvalue weighted by atomic mass is 9.99. The van der Waals surface area contributed by atoms with Crippen LogP contribution in [0, 0.1) is 0 Å². The van der Waals surface area contributed by atoms with E-state index in [1.807, 2.05) is 0 Å². The third-order valence-electron chi connectivity index (χ3n) is 4.66. The highest BCUT2D eigenvalue weighted by Gasteiger charge is 2.43. The fourth-order valence-corrected chi connectivity index (χ4v) is 3.30. The highest BCUT2D eigenvalue weighted by molar-refractivity contribution is 5.85. The van der Waals surface area contributed by atoms with Gasteiger partial charge in [-0.3, -0.25) is 4.79 Å². The molecule has 3 rings (SSSR count). The Labute approximate surface area is 150 Å². The van der Waals surface area contributed by atoms with Crippen molar-refractivity contribution in [1.29, 1.82) is 0 Å². The molecule has 2 atom stereocenters. The van der Waals surface area contributed by atoms with Crippen molar-refractivity contribution >= 4 is 5.91 Å². The summed E-state index contributed by atoms with van der Waals surface area (Å²) in [5.74, 6) is -0.0257. The predicted octanol–water partition coefficient (Wildman–Crippen LogP) is 2.88. The molecule has 0 bridgehead atoms. The van der Waals surface area contributed by atoms with Crippen LogP contribution < -0.4 is 4.74 Å². The van der Waals surface area contributed by atoms with Crippen molar-refractivity contribution in [3.8, 4) is 5.75 Å². The van der Waals surface area contributed by atoms with Gasteiger partial charge in [-0.25, -0.2) is 0 Å². The van der Waals surface area contributed by atoms with Crippen LogP contribution in [0.4, 0.5) is 13.2 Å². The van der Waals surface area contributed by atoms with E-state index in [4.69, 9.17) is 14.2 Å². The van der Waals surface area contributed by atoms with E-state index >= 15 is 0 Å². The zero-order chi connectivity index (χ0) is 18.9. The molecule has 1 aromatic rings. The summed E-state index contributed by atoms with van der Waals surface area (Å²) in [5.41, 5.74) is -1.98. The van der Waals surface area contributed by atoms with Crippen molar-refractivity contribution < 1.29 is 32.2 Å². The van der Waals surface area contributed by atoms with Crippen LogP contribution in [0.25, 0.3) is 0 Å². The largest absolute Gasteiger partial charge is 0.478 e. The van der Waals surface area contributed by atoms with Crippen LogP contribution >= 0.6 is 0 Å². The molecule has 5 nitrogen and oxygen atoms in total. The van der Waals surface area contributed by atoms with E-state index in [1.165, 1.54) is 12.1 Å². The predicted molar refractivity (Wildman–Crippen MR) is 86.8 cm³/mol. The van der Waals surface area contributed by atoms with Gasteiger partial charge >= 0.3 is 6.18 Å². The zero-order valence-corrected chi connectivity index (χ0v) is 14.7. The van der Waals surface area contributed by atoms with Gasteiger partial charge in [0, 0.05) is 13.2 Å². The minimum Gasteiger partial charge on any atom is -0.478 e. The molecule has 2 fully saturated rings. The van der Waals surface area contributed by atoms with Crippen LogP contribution in [0.2, 0.25) is 0 Å². The number of fused-ring (bicyclic) bond motifs is 1. The lowest BCUT2D eigenvalue weighted by Crippen LogP contribution is -2.62. The second-order valence-electron chi connectivity index (χ2n) is 6.97. The van der Waals surface area contributed by atoms with E-state index in [9.17, 15) is 18.0 Å². The summed E-state index contributed by atoms with van der Waals surface area (Å²) >= 11 is 0. The van der Waals surface area contributed by atoms with E-state index in [2.05, 4.69) is 0 Å². The summed E-state index contributed by atoms with van der Waals surface area (Å²) in [6, 6.07) is 4.17. The van der Waals surface area contributed by atoms with E-state index < -0.39 is 17.3 Å². The second-order valence-corrected chi connectivity index (χ2v) is 6.97. The number of halogens is 3. The maximum atomic E-state index is 13.0. The smallest absolute Gasteiger partial charge is 0.416 e. The van der Waals surface area contributed by atoms with Gasteiger partial charge < -0.3 is 19.1 Å². The van der Waals surface area contributed by atoms with Gasteiger partial charge in [0.05, 0.1) is 30.9 Å². The lowest BCUT2D eigenvalue weighted by Gasteiger charge is -2.45. The first kappa shape index (κ1) is 19.0. The molecular weight excluding hydrogens is 351 g/mol. The quantitative estimate of drug-likeness (QED) is 0.818. The molecule has 2 saturated heterocycles. The van der Waals surface area contributed by atoms with Crippen LogP contribution in [0.3, 0.4) is 0 Å². The molecule has 1 aromatic carbocycles. The van der Waals surface area contributed by atoms with Crippen LogP contribution in [-0.4, -0.2) is 54.9 Å². The van der Waals surface area contributed by atoms with Gasteiger partial charge in [0.1, 0.15) is 5.75 Å². The number of hydrogen-bond donors (Lipinski definition) is 0. The van der Waals surface area contributed by atoms with Crippen LogP contribution in [0.5, 0.6) is 5.75 Å². The number of carbonyl (C=O) groups excluding carboxylic acids is 1. The van der Waals surface area contributed by atoms with Gasteiger partial charge in [-0.2, -0.15) is 13.2 Å². The van der Waals surface area contributed by atoms with Crippen molar-refractivity contribution in [3.05, 3.63) is 29.8 Å². The number of rotatable bonds is 3. The molecule has 0 radical (unpaired) electrons. The first-order valence-corrected chi connectivity index (χ1v) is 8.55. The second kappa shape index (κ2) is 7.08. The number of alkyl halides is 3. The van der Waals surface area contributed by atoms with E-state index in [-0.39, 0.29) is 23.8 Å². The third-order valence-corrected chi connectivity index (χ3v) is 4.66. The Morgan fingerprint density at radius 2 is 1.88 bits per heavy atom. The number of nitrogens with zero attached hydrogens (tertiary/aromatic N) is 1. The maximum Gasteiger partial charge on any atom is 0.416 e. The molecule has 8 heteroatoms. The molecule has 0 spiro atoms. The molecule has 0 aromatic heterocycles. The standard InChI is InChI=1S/C18H22F3NO4/c1-17(2,26-13-5-3-12(4-6-13)18(19,20)21)16(23)22-8-10-25-15-7-9-24-11-14(15)22/h3-6,14-15H,7-11H2,1-2H3. The average Bonchev–Trinajstić information content (AvgIpc) is 2.60. The molecule has 144 valence electrons. The van der Waals surface area contributed by atoms with E-state index in [1.54, 1.807) is 18.7 Å². The molecule has 2 unspecified atom stereocenters. The number of ether oxygens (including phenoxy) is 3.